The summed E-state index contributed by atoms with van der Waals surface area (Å²) in [5.74, 6) is 2.70. The summed E-state index contributed by atoms with van der Waals surface area (Å²) in [7, 11) is 0. The summed E-state index contributed by atoms with van der Waals surface area (Å²) in [5.41, 5.74) is 5.71. The largest absolute Gasteiger partial charge is 0.337 e. The Morgan fingerprint density at radius 2 is 2.24 bits per heavy atom. The topological polar surface area (TPSA) is 64.9 Å². The molecule has 0 amide bonds. The van der Waals surface area contributed by atoms with Crippen molar-refractivity contribution in [2.75, 3.05) is 0 Å². The average molecular weight is 237 g/mol. The van der Waals surface area contributed by atoms with E-state index < -0.39 is 5.54 Å². The average Bonchev–Trinajstić information content (AvgIpc) is 2.85. The molecule has 17 heavy (non-hydrogen) atoms. The fourth-order valence-corrected chi connectivity index (χ4v) is 2.70. The predicted octanol–water partition coefficient (Wildman–Crippen LogP) is 2.95. The summed E-state index contributed by atoms with van der Waals surface area (Å²) in [4.78, 5) is 4.51. The molecular weight excluding hydrogens is 214 g/mol. The highest BCUT2D eigenvalue weighted by atomic mass is 16.5. The van der Waals surface area contributed by atoms with Gasteiger partial charge in [0.25, 0.3) is 0 Å². The summed E-state index contributed by atoms with van der Waals surface area (Å²) in [6, 6.07) is 0. The van der Waals surface area contributed by atoms with Crippen LogP contribution in [0.15, 0.2) is 4.52 Å². The third-order valence-corrected chi connectivity index (χ3v) is 3.76. The summed E-state index contributed by atoms with van der Waals surface area (Å²) < 4.78 is 5.34. The van der Waals surface area contributed by atoms with Crippen LogP contribution in [0.25, 0.3) is 0 Å². The number of aromatic nitrogens is 2. The van der Waals surface area contributed by atoms with Crippen molar-refractivity contribution in [1.29, 1.82) is 0 Å². The Kier molecular flexibility index (Phi) is 3.52. The molecule has 0 saturated heterocycles. The second kappa shape index (κ2) is 4.77. The zero-order valence-electron chi connectivity index (χ0n) is 11.1. The minimum Gasteiger partial charge on any atom is -0.337 e. The van der Waals surface area contributed by atoms with Crippen molar-refractivity contribution in [2.24, 2.45) is 11.7 Å². The normalized spacial score (nSPS) is 28.2. The van der Waals surface area contributed by atoms with Crippen LogP contribution in [0.5, 0.6) is 0 Å². The molecule has 4 heteroatoms. The van der Waals surface area contributed by atoms with Gasteiger partial charge in [-0.3, -0.25) is 0 Å². The van der Waals surface area contributed by atoms with Crippen LogP contribution in [0.3, 0.4) is 0 Å². The molecule has 1 aliphatic rings. The molecule has 4 nitrogen and oxygen atoms in total. The first-order valence-corrected chi connectivity index (χ1v) is 6.66. The maximum absolute atomic E-state index is 6.19. The highest BCUT2D eigenvalue weighted by Crippen LogP contribution is 2.37. The van der Waals surface area contributed by atoms with Crippen LogP contribution in [0.1, 0.15) is 70.5 Å². The second-order valence-corrected chi connectivity index (χ2v) is 5.74. The number of hydrogen-bond donors (Lipinski definition) is 1. The Morgan fingerprint density at radius 3 is 2.82 bits per heavy atom. The molecule has 1 aromatic heterocycles. The van der Waals surface area contributed by atoms with Crippen molar-refractivity contribution in [1.82, 2.24) is 10.1 Å². The minimum atomic E-state index is -0.482. The fourth-order valence-electron chi connectivity index (χ4n) is 2.70. The van der Waals surface area contributed by atoms with Gasteiger partial charge in [0, 0.05) is 5.92 Å². The van der Waals surface area contributed by atoms with Gasteiger partial charge in [0.05, 0.1) is 5.54 Å². The van der Waals surface area contributed by atoms with E-state index in [2.05, 4.69) is 24.0 Å². The van der Waals surface area contributed by atoms with E-state index in [1.165, 1.54) is 19.3 Å². The van der Waals surface area contributed by atoms with Gasteiger partial charge in [0.2, 0.25) is 5.89 Å². The van der Waals surface area contributed by atoms with Gasteiger partial charge in [-0.25, -0.2) is 0 Å². The van der Waals surface area contributed by atoms with Gasteiger partial charge in [0.15, 0.2) is 5.82 Å². The van der Waals surface area contributed by atoms with Gasteiger partial charge in [-0.15, -0.1) is 0 Å². The highest BCUT2D eigenvalue weighted by molar-refractivity contribution is 5.04. The molecular formula is C13H23N3O. The smallest absolute Gasteiger partial charge is 0.246 e. The molecule has 0 spiro atoms. The van der Waals surface area contributed by atoms with Crippen LogP contribution in [-0.2, 0) is 5.54 Å². The molecule has 0 radical (unpaired) electrons. The van der Waals surface area contributed by atoms with E-state index in [0.717, 1.165) is 24.6 Å². The predicted molar refractivity (Wildman–Crippen MR) is 66.5 cm³/mol. The second-order valence-electron chi connectivity index (χ2n) is 5.74. The fraction of sp³-hybridized carbons (Fsp3) is 0.846. The quantitative estimate of drug-likeness (QED) is 0.874. The number of hydrogen-bond acceptors (Lipinski definition) is 4. The molecule has 1 aliphatic carbocycles. The van der Waals surface area contributed by atoms with Gasteiger partial charge in [-0.05, 0) is 38.5 Å². The van der Waals surface area contributed by atoms with E-state index in [9.17, 15) is 0 Å². The summed E-state index contributed by atoms with van der Waals surface area (Å²) in [6.45, 7) is 6.36. The lowest BCUT2D eigenvalue weighted by Gasteiger charge is -2.18. The first-order chi connectivity index (χ1) is 8.03. The first-order valence-electron chi connectivity index (χ1n) is 6.66. The van der Waals surface area contributed by atoms with Crippen LogP contribution in [0, 0.1) is 5.92 Å². The van der Waals surface area contributed by atoms with Crippen molar-refractivity contribution < 1.29 is 4.52 Å². The Balaban J connectivity index is 2.10. The molecule has 2 N–H and O–H groups in total. The number of nitrogens with zero attached hydrogens (tertiary/aromatic N) is 2. The van der Waals surface area contributed by atoms with E-state index in [1.54, 1.807) is 0 Å². The summed E-state index contributed by atoms with van der Waals surface area (Å²) in [5, 5.41) is 4.12. The maximum atomic E-state index is 6.19. The lowest BCUT2D eigenvalue weighted by Crippen LogP contribution is -2.33. The van der Waals surface area contributed by atoms with Crippen LogP contribution < -0.4 is 5.73 Å². The van der Waals surface area contributed by atoms with Crippen LogP contribution >= 0.6 is 0 Å². The van der Waals surface area contributed by atoms with E-state index in [1.807, 2.05) is 6.92 Å². The summed E-state index contributed by atoms with van der Waals surface area (Å²) in [6.07, 6.45) is 5.51. The summed E-state index contributed by atoms with van der Waals surface area (Å²) >= 11 is 0. The lowest BCUT2D eigenvalue weighted by atomic mass is 9.97. The van der Waals surface area contributed by atoms with Crippen LogP contribution in [-0.4, -0.2) is 10.1 Å². The maximum Gasteiger partial charge on any atom is 0.246 e. The van der Waals surface area contributed by atoms with Crippen molar-refractivity contribution in [3.8, 4) is 0 Å². The minimum absolute atomic E-state index is 0.472. The van der Waals surface area contributed by atoms with Gasteiger partial charge < -0.3 is 10.3 Å². The van der Waals surface area contributed by atoms with Crippen LogP contribution in [0.4, 0.5) is 0 Å². The zero-order chi connectivity index (χ0) is 12.5. The Hall–Kier alpha value is -0.900. The van der Waals surface area contributed by atoms with E-state index >= 15 is 0 Å². The standard InChI is InChI=1S/C13H23N3O/c1-4-7-13(3,14)12-15-11(16-17-12)10-6-5-9(2)8-10/h9-10H,4-8,14H2,1-3H3. The molecule has 1 saturated carbocycles. The van der Waals surface area contributed by atoms with Gasteiger partial charge in [0.1, 0.15) is 0 Å². The van der Waals surface area contributed by atoms with Crippen molar-refractivity contribution in [2.45, 2.75) is 64.3 Å². The van der Waals surface area contributed by atoms with E-state index in [4.69, 9.17) is 10.3 Å². The monoisotopic (exact) mass is 237 g/mol. The highest BCUT2D eigenvalue weighted by Gasteiger charge is 2.31. The molecule has 3 atom stereocenters. The molecule has 1 heterocycles. The zero-order valence-corrected chi connectivity index (χ0v) is 11.1. The number of rotatable bonds is 4. The van der Waals surface area contributed by atoms with E-state index in [0.29, 0.717) is 11.8 Å². The Morgan fingerprint density at radius 1 is 1.47 bits per heavy atom. The van der Waals surface area contributed by atoms with Crippen LogP contribution in [0.2, 0.25) is 0 Å². The lowest BCUT2D eigenvalue weighted by molar-refractivity contribution is 0.281. The number of nitrogens with two attached hydrogens (primary N) is 1. The molecule has 1 aromatic rings. The molecule has 0 bridgehead atoms. The van der Waals surface area contributed by atoms with Crippen molar-refractivity contribution in [3.05, 3.63) is 11.7 Å². The van der Waals surface area contributed by atoms with Gasteiger partial charge in [-0.1, -0.05) is 25.4 Å². The van der Waals surface area contributed by atoms with Crippen molar-refractivity contribution in [3.63, 3.8) is 0 Å². The van der Waals surface area contributed by atoms with E-state index in [-0.39, 0.29) is 0 Å². The SMILES string of the molecule is CCCC(C)(N)c1nc(C2CCC(C)C2)no1. The van der Waals surface area contributed by atoms with Gasteiger partial charge in [-0.2, -0.15) is 4.98 Å². The molecule has 3 unspecified atom stereocenters. The third kappa shape index (κ3) is 2.68. The molecule has 0 aliphatic heterocycles. The third-order valence-electron chi connectivity index (χ3n) is 3.76. The molecule has 1 fully saturated rings. The first kappa shape index (κ1) is 12.6. The molecule has 0 aromatic carbocycles. The Labute approximate surface area is 103 Å². The molecule has 2 rings (SSSR count). The Bertz CT molecular complexity index is 372. The van der Waals surface area contributed by atoms with Gasteiger partial charge >= 0.3 is 0 Å². The molecule has 96 valence electrons. The van der Waals surface area contributed by atoms with Crippen molar-refractivity contribution >= 4 is 0 Å².